The molecule has 0 amide bonds. The van der Waals surface area contributed by atoms with Crippen LogP contribution in [0.15, 0.2) is 103 Å². The standard InChI is InChI=1S/C26H18N4O12S2.2Na/c31-21-7-3-15(11-17(21)25(33)34)27-29-19-5-1-13(9-23(19)43(37,38)39)14-2-6-20(24(10-14)44(40,41)42)30-28-16-4-8-22(32)18(12-16)26(35)36;;/h1-12,31-32H,(H,33,34)(H,35,36)(H,37,38,39)(H,40,41,42);;/q;2*+1/p-2. The minimum absolute atomic E-state index is 0. The first-order chi connectivity index (χ1) is 20.5. The molecule has 0 aliphatic carbocycles. The molecule has 0 bridgehead atoms. The number of hydrogen-bond donors (Lipinski definition) is 4. The van der Waals surface area contributed by atoms with Gasteiger partial charge in [0.25, 0.3) is 20.2 Å². The summed E-state index contributed by atoms with van der Waals surface area (Å²) in [5, 5.41) is 56.4. The van der Waals surface area contributed by atoms with E-state index in [1.807, 2.05) is 0 Å². The molecule has 0 aliphatic rings. The van der Waals surface area contributed by atoms with Gasteiger partial charge in [0.05, 0.1) is 22.5 Å². The van der Waals surface area contributed by atoms with Gasteiger partial charge >= 0.3 is 71.1 Å². The molecule has 0 radical (unpaired) electrons. The van der Waals surface area contributed by atoms with Gasteiger partial charge in [0.2, 0.25) is 0 Å². The summed E-state index contributed by atoms with van der Waals surface area (Å²) in [5.41, 5.74) is -2.19. The Morgan fingerprint density at radius 1 is 0.543 bits per heavy atom. The summed E-state index contributed by atoms with van der Waals surface area (Å²) in [6.45, 7) is 0. The third-order valence-electron chi connectivity index (χ3n) is 5.74. The van der Waals surface area contributed by atoms with Gasteiger partial charge in [0, 0.05) is 0 Å². The molecule has 0 spiro atoms. The molecule has 0 atom stereocenters. The summed E-state index contributed by atoms with van der Waals surface area (Å²) >= 11 is 0. The Morgan fingerprint density at radius 3 is 1.20 bits per heavy atom. The monoisotopic (exact) mass is 686 g/mol. The number of carboxylic acid groups (broad SMARTS) is 2. The zero-order chi connectivity index (χ0) is 32.4. The second kappa shape index (κ2) is 15.4. The van der Waals surface area contributed by atoms with Crippen LogP contribution in [0.1, 0.15) is 20.7 Å². The van der Waals surface area contributed by atoms with E-state index in [0.29, 0.717) is 0 Å². The van der Waals surface area contributed by atoms with E-state index in [-0.39, 0.29) is 81.6 Å². The number of hydrogen-bond acceptors (Lipinski definition) is 12. The molecule has 4 N–H and O–H groups in total. The molecule has 16 nitrogen and oxygen atoms in total. The zero-order valence-corrected chi connectivity index (χ0v) is 29.2. The van der Waals surface area contributed by atoms with Crippen LogP contribution in [0.5, 0.6) is 11.5 Å². The topological polar surface area (TPSA) is 279 Å². The number of aromatic carboxylic acids is 2. The molecule has 0 aliphatic heterocycles. The third kappa shape index (κ3) is 9.26. The van der Waals surface area contributed by atoms with Gasteiger partial charge in [-0.15, -0.1) is 10.2 Å². The van der Waals surface area contributed by atoms with Gasteiger partial charge in [-0.05, 0) is 59.7 Å². The van der Waals surface area contributed by atoms with E-state index in [2.05, 4.69) is 20.5 Å². The first-order valence-electron chi connectivity index (χ1n) is 11.7. The number of nitrogens with zero attached hydrogens (tertiary/aromatic N) is 4. The molecule has 0 heterocycles. The number of carbonyl (C=O) groups is 2. The zero-order valence-electron chi connectivity index (χ0n) is 23.6. The molecule has 4 aromatic carbocycles. The van der Waals surface area contributed by atoms with Crippen LogP contribution in [0.2, 0.25) is 0 Å². The predicted molar refractivity (Wildman–Crippen MR) is 146 cm³/mol. The molecular formula is C26H16N4Na2O12S2. The molecule has 46 heavy (non-hydrogen) atoms. The second-order valence-electron chi connectivity index (χ2n) is 8.69. The maximum absolute atomic E-state index is 12.1. The predicted octanol–water partition coefficient (Wildman–Crippen LogP) is -1.77. The fourth-order valence-corrected chi connectivity index (χ4v) is 4.98. The Kier molecular flexibility index (Phi) is 12.9. The van der Waals surface area contributed by atoms with Crippen LogP contribution in [0.25, 0.3) is 11.1 Å². The van der Waals surface area contributed by atoms with Crippen molar-refractivity contribution >= 4 is 54.9 Å². The molecule has 0 saturated heterocycles. The van der Waals surface area contributed by atoms with Gasteiger partial charge in [-0.3, -0.25) is 9.11 Å². The summed E-state index contributed by atoms with van der Waals surface area (Å²) in [7, 11) is -9.92. The molecule has 0 unspecified atom stereocenters. The van der Waals surface area contributed by atoms with Crippen LogP contribution >= 0.6 is 0 Å². The Bertz CT molecular complexity index is 1970. The van der Waals surface area contributed by atoms with E-state index in [9.17, 15) is 45.7 Å². The van der Waals surface area contributed by atoms with Gasteiger partial charge in [0.1, 0.15) is 21.2 Å². The minimum atomic E-state index is -4.96. The average Bonchev–Trinajstić information content (AvgIpc) is 2.95. The Morgan fingerprint density at radius 2 is 0.891 bits per heavy atom. The molecule has 0 aromatic heterocycles. The van der Waals surface area contributed by atoms with Gasteiger partial charge in [0.15, 0.2) is 0 Å². The summed E-state index contributed by atoms with van der Waals surface area (Å²) in [5.74, 6) is -4.61. The summed E-state index contributed by atoms with van der Waals surface area (Å²) in [4.78, 5) is 20.8. The van der Waals surface area contributed by atoms with Crippen molar-refractivity contribution in [1.29, 1.82) is 0 Å². The quantitative estimate of drug-likeness (QED) is 0.0865. The van der Waals surface area contributed by atoms with Crippen LogP contribution in [-0.4, -0.2) is 48.1 Å². The minimum Gasteiger partial charge on any atom is -0.872 e. The van der Waals surface area contributed by atoms with Crippen molar-refractivity contribution in [2.75, 3.05) is 0 Å². The van der Waals surface area contributed by atoms with E-state index < -0.39 is 76.0 Å². The van der Waals surface area contributed by atoms with Crippen LogP contribution in [-0.2, 0) is 20.2 Å². The van der Waals surface area contributed by atoms with Gasteiger partial charge in [-0.25, -0.2) is 9.59 Å². The third-order valence-corrected chi connectivity index (χ3v) is 7.51. The fourth-order valence-electron chi connectivity index (χ4n) is 3.68. The van der Waals surface area contributed by atoms with Crippen LogP contribution in [0.3, 0.4) is 0 Å². The molecule has 0 saturated carbocycles. The summed E-state index contributed by atoms with van der Waals surface area (Å²) in [6, 6.07) is 12.6. The van der Waals surface area contributed by atoms with Crippen molar-refractivity contribution in [2.45, 2.75) is 9.79 Å². The summed E-state index contributed by atoms with van der Waals surface area (Å²) < 4.78 is 68.2. The van der Waals surface area contributed by atoms with Crippen molar-refractivity contribution in [2.24, 2.45) is 20.5 Å². The first kappa shape index (κ1) is 38.6. The molecule has 4 aromatic rings. The largest absolute Gasteiger partial charge is 1.00 e. The van der Waals surface area contributed by atoms with Crippen molar-refractivity contribution in [3.8, 4) is 22.6 Å². The molecule has 226 valence electrons. The van der Waals surface area contributed by atoms with E-state index in [0.717, 1.165) is 60.7 Å². The average molecular weight is 687 g/mol. The van der Waals surface area contributed by atoms with E-state index in [4.69, 9.17) is 10.2 Å². The second-order valence-corrected chi connectivity index (χ2v) is 11.5. The number of azo groups is 2. The SMILES string of the molecule is O=C(O)c1cc(N=Nc2ccc(-c3ccc(N=Nc4ccc([O-])c(C(=O)O)c4)c(S(=O)(=O)O)c3)cc2S(=O)(=O)O)ccc1[O-].[Na+].[Na+]. The van der Waals surface area contributed by atoms with Crippen LogP contribution in [0, 0.1) is 0 Å². The molecular weight excluding hydrogens is 670 g/mol. The Labute approximate surface area is 304 Å². The van der Waals surface area contributed by atoms with Gasteiger partial charge in [-0.2, -0.15) is 27.1 Å². The smallest absolute Gasteiger partial charge is 0.872 e. The molecule has 20 heteroatoms. The number of rotatable bonds is 9. The van der Waals surface area contributed by atoms with Gasteiger partial charge in [-0.1, -0.05) is 35.8 Å². The van der Waals surface area contributed by atoms with E-state index in [1.165, 1.54) is 12.1 Å². The van der Waals surface area contributed by atoms with Crippen molar-refractivity contribution < 1.29 is 115 Å². The molecule has 0 fully saturated rings. The normalized spacial score (nSPS) is 11.6. The van der Waals surface area contributed by atoms with Crippen molar-refractivity contribution in [3.05, 3.63) is 83.9 Å². The first-order valence-corrected chi connectivity index (χ1v) is 14.6. The van der Waals surface area contributed by atoms with E-state index in [1.54, 1.807) is 0 Å². The Hall–Kier alpha value is -3.56. The fraction of sp³-hybridized carbons (Fsp3) is 0. The number of carboxylic acids is 2. The van der Waals surface area contributed by atoms with Crippen LogP contribution < -0.4 is 69.3 Å². The van der Waals surface area contributed by atoms with Crippen LogP contribution in [0.4, 0.5) is 22.7 Å². The maximum atomic E-state index is 12.1. The van der Waals surface area contributed by atoms with E-state index >= 15 is 0 Å². The van der Waals surface area contributed by atoms with Crippen molar-refractivity contribution in [1.82, 2.24) is 0 Å². The van der Waals surface area contributed by atoms with Crippen molar-refractivity contribution in [3.63, 3.8) is 0 Å². The summed E-state index contributed by atoms with van der Waals surface area (Å²) in [6.07, 6.45) is 0. The van der Waals surface area contributed by atoms with Gasteiger partial charge < -0.3 is 20.4 Å². The maximum Gasteiger partial charge on any atom is 1.00 e. The molecule has 4 rings (SSSR count). The number of benzene rings is 4. The Balaban J connectivity index is 0.00000368.